The molecule has 0 aliphatic rings. The lowest BCUT2D eigenvalue weighted by molar-refractivity contribution is 0.101. The first-order valence-electron chi connectivity index (χ1n) is 6.02. The van der Waals surface area contributed by atoms with Crippen LogP contribution in [0.2, 0.25) is 0 Å². The molecule has 1 aromatic carbocycles. The van der Waals surface area contributed by atoms with Crippen LogP contribution in [0.4, 0.5) is 0 Å². The summed E-state index contributed by atoms with van der Waals surface area (Å²) in [5.74, 6) is 0.120. The molecule has 1 aromatic rings. The standard InChI is InChI=1S/C16H20O/c1-5-8-14(9-6-2)16-12(3)10-7-11-15(16)13(4)17/h5,7,9-11H,1,6,8H2,2-4H3/b14-9-. The highest BCUT2D eigenvalue weighted by molar-refractivity contribution is 5.99. The maximum absolute atomic E-state index is 11.7. The first-order chi connectivity index (χ1) is 8.11. The van der Waals surface area contributed by atoms with E-state index in [4.69, 9.17) is 0 Å². The van der Waals surface area contributed by atoms with Crippen molar-refractivity contribution in [3.8, 4) is 0 Å². The molecule has 0 radical (unpaired) electrons. The zero-order valence-corrected chi connectivity index (χ0v) is 10.9. The molecule has 0 amide bonds. The summed E-state index contributed by atoms with van der Waals surface area (Å²) in [5, 5.41) is 0. The summed E-state index contributed by atoms with van der Waals surface area (Å²) < 4.78 is 0. The Morgan fingerprint density at radius 1 is 1.41 bits per heavy atom. The topological polar surface area (TPSA) is 17.1 Å². The van der Waals surface area contributed by atoms with Crippen LogP contribution in [-0.4, -0.2) is 5.78 Å². The molecule has 1 heteroatoms. The Balaban J connectivity index is 3.40. The Morgan fingerprint density at radius 3 is 2.65 bits per heavy atom. The lowest BCUT2D eigenvalue weighted by Gasteiger charge is -2.13. The molecule has 0 aliphatic heterocycles. The van der Waals surface area contributed by atoms with Crippen molar-refractivity contribution in [3.63, 3.8) is 0 Å². The predicted octanol–water partition coefficient (Wildman–Crippen LogP) is 4.57. The van der Waals surface area contributed by atoms with Gasteiger partial charge in [0, 0.05) is 5.56 Å². The Labute approximate surface area is 104 Å². The van der Waals surface area contributed by atoms with Crippen molar-refractivity contribution in [1.82, 2.24) is 0 Å². The van der Waals surface area contributed by atoms with Crippen LogP contribution in [-0.2, 0) is 0 Å². The third-order valence-electron chi connectivity index (χ3n) is 2.79. The number of hydrogen-bond acceptors (Lipinski definition) is 1. The zero-order valence-electron chi connectivity index (χ0n) is 10.9. The van der Waals surface area contributed by atoms with Gasteiger partial charge in [-0.25, -0.2) is 0 Å². The molecule has 0 heterocycles. The number of rotatable bonds is 5. The van der Waals surface area contributed by atoms with Gasteiger partial charge in [-0.2, -0.15) is 0 Å². The van der Waals surface area contributed by atoms with Crippen LogP contribution in [0.15, 0.2) is 36.9 Å². The second-order valence-corrected chi connectivity index (χ2v) is 4.18. The Bertz CT molecular complexity index is 453. The van der Waals surface area contributed by atoms with E-state index >= 15 is 0 Å². The minimum Gasteiger partial charge on any atom is -0.294 e. The number of benzene rings is 1. The lowest BCUT2D eigenvalue weighted by Crippen LogP contribution is -2.01. The number of hydrogen-bond donors (Lipinski definition) is 0. The molecule has 1 nitrogen and oxygen atoms in total. The molecule has 0 N–H and O–H groups in total. The number of allylic oxidation sites excluding steroid dienone is 3. The highest BCUT2D eigenvalue weighted by Crippen LogP contribution is 2.27. The minimum atomic E-state index is 0.120. The smallest absolute Gasteiger partial charge is 0.160 e. The molecule has 0 bridgehead atoms. The van der Waals surface area contributed by atoms with Crippen LogP contribution < -0.4 is 0 Å². The van der Waals surface area contributed by atoms with Crippen molar-refractivity contribution in [2.45, 2.75) is 33.6 Å². The van der Waals surface area contributed by atoms with E-state index in [0.29, 0.717) is 0 Å². The van der Waals surface area contributed by atoms with Gasteiger partial charge in [0.2, 0.25) is 0 Å². The molecule has 0 spiro atoms. The van der Waals surface area contributed by atoms with Gasteiger partial charge < -0.3 is 0 Å². The summed E-state index contributed by atoms with van der Waals surface area (Å²) in [7, 11) is 0. The fourth-order valence-corrected chi connectivity index (χ4v) is 2.08. The number of ketones is 1. The van der Waals surface area contributed by atoms with Gasteiger partial charge in [-0.1, -0.05) is 37.3 Å². The fraction of sp³-hybridized carbons (Fsp3) is 0.312. The van der Waals surface area contributed by atoms with E-state index in [-0.39, 0.29) is 5.78 Å². The summed E-state index contributed by atoms with van der Waals surface area (Å²) in [4.78, 5) is 11.7. The first kappa shape index (κ1) is 13.4. The zero-order chi connectivity index (χ0) is 12.8. The average molecular weight is 228 g/mol. The second-order valence-electron chi connectivity index (χ2n) is 4.18. The molecule has 1 rings (SSSR count). The van der Waals surface area contributed by atoms with Gasteiger partial charge >= 0.3 is 0 Å². The summed E-state index contributed by atoms with van der Waals surface area (Å²) in [6.07, 6.45) is 5.84. The number of carbonyl (C=O) groups excluding carboxylic acids is 1. The molecule has 0 aromatic heterocycles. The molecular weight excluding hydrogens is 208 g/mol. The van der Waals surface area contributed by atoms with Crippen LogP contribution in [0, 0.1) is 6.92 Å². The van der Waals surface area contributed by atoms with E-state index in [2.05, 4.69) is 19.6 Å². The van der Waals surface area contributed by atoms with E-state index in [9.17, 15) is 4.79 Å². The van der Waals surface area contributed by atoms with Crippen molar-refractivity contribution in [2.24, 2.45) is 0 Å². The molecule has 90 valence electrons. The van der Waals surface area contributed by atoms with Crippen LogP contribution in [0.1, 0.15) is 48.2 Å². The van der Waals surface area contributed by atoms with E-state index in [1.165, 1.54) is 5.57 Å². The Morgan fingerprint density at radius 2 is 2.12 bits per heavy atom. The largest absolute Gasteiger partial charge is 0.294 e. The van der Waals surface area contributed by atoms with Gasteiger partial charge in [0.15, 0.2) is 5.78 Å². The highest BCUT2D eigenvalue weighted by Gasteiger charge is 2.12. The fourth-order valence-electron chi connectivity index (χ4n) is 2.08. The molecule has 0 fully saturated rings. The van der Waals surface area contributed by atoms with Crippen LogP contribution in [0.3, 0.4) is 0 Å². The maximum atomic E-state index is 11.7. The first-order valence-corrected chi connectivity index (χ1v) is 6.02. The summed E-state index contributed by atoms with van der Waals surface area (Å²) in [5.41, 5.74) is 4.25. The van der Waals surface area contributed by atoms with E-state index in [1.54, 1.807) is 6.92 Å². The van der Waals surface area contributed by atoms with Gasteiger partial charge in [0.05, 0.1) is 0 Å². The number of aryl methyl sites for hydroxylation is 1. The van der Waals surface area contributed by atoms with Crippen molar-refractivity contribution in [2.75, 3.05) is 0 Å². The molecule has 0 saturated heterocycles. The number of Topliss-reactive ketones (excluding diaryl/α,β-unsaturated/α-hetero) is 1. The van der Waals surface area contributed by atoms with Crippen LogP contribution in [0.25, 0.3) is 5.57 Å². The van der Waals surface area contributed by atoms with Gasteiger partial charge in [-0.05, 0) is 43.4 Å². The third kappa shape index (κ3) is 3.16. The van der Waals surface area contributed by atoms with Crippen LogP contribution in [0.5, 0.6) is 0 Å². The van der Waals surface area contributed by atoms with E-state index in [1.807, 2.05) is 31.2 Å². The maximum Gasteiger partial charge on any atom is 0.160 e. The molecule has 17 heavy (non-hydrogen) atoms. The van der Waals surface area contributed by atoms with Gasteiger partial charge in [0.25, 0.3) is 0 Å². The van der Waals surface area contributed by atoms with Crippen molar-refractivity contribution in [3.05, 3.63) is 53.6 Å². The van der Waals surface area contributed by atoms with Gasteiger partial charge in [-0.3, -0.25) is 4.79 Å². The molecule has 0 saturated carbocycles. The number of carbonyl (C=O) groups is 1. The van der Waals surface area contributed by atoms with Crippen molar-refractivity contribution >= 4 is 11.4 Å². The van der Waals surface area contributed by atoms with Gasteiger partial charge in [-0.15, -0.1) is 6.58 Å². The Hall–Kier alpha value is -1.63. The SMILES string of the molecule is C=CC/C(=C/CC)c1c(C)cccc1C(C)=O. The van der Waals surface area contributed by atoms with E-state index in [0.717, 1.165) is 29.5 Å². The molecule has 0 unspecified atom stereocenters. The quantitative estimate of drug-likeness (QED) is 0.533. The predicted molar refractivity (Wildman–Crippen MR) is 74.3 cm³/mol. The highest BCUT2D eigenvalue weighted by atomic mass is 16.1. The lowest BCUT2D eigenvalue weighted by atomic mass is 9.91. The summed E-state index contributed by atoms with van der Waals surface area (Å²) in [6.45, 7) is 9.56. The minimum absolute atomic E-state index is 0.120. The molecular formula is C16H20O. The van der Waals surface area contributed by atoms with E-state index < -0.39 is 0 Å². The van der Waals surface area contributed by atoms with Crippen LogP contribution >= 0.6 is 0 Å². The summed E-state index contributed by atoms with van der Waals surface area (Å²) >= 11 is 0. The van der Waals surface area contributed by atoms with Crippen molar-refractivity contribution in [1.29, 1.82) is 0 Å². The second kappa shape index (κ2) is 6.19. The third-order valence-corrected chi connectivity index (χ3v) is 2.79. The summed E-state index contributed by atoms with van der Waals surface area (Å²) in [6, 6.07) is 5.89. The molecule has 0 aliphatic carbocycles. The van der Waals surface area contributed by atoms with Crippen molar-refractivity contribution < 1.29 is 4.79 Å². The average Bonchev–Trinajstić information content (AvgIpc) is 2.28. The van der Waals surface area contributed by atoms with Gasteiger partial charge in [0.1, 0.15) is 0 Å². The Kier molecular flexibility index (Phi) is 4.89. The molecule has 0 atom stereocenters. The monoisotopic (exact) mass is 228 g/mol. The normalized spacial score (nSPS) is 11.4.